The average molecular weight is 324 g/mol. The van der Waals surface area contributed by atoms with Crippen molar-refractivity contribution in [2.45, 2.75) is 19.4 Å². The third-order valence-electron chi connectivity index (χ3n) is 4.04. The third-order valence-corrected chi connectivity index (χ3v) is 4.04. The Morgan fingerprint density at radius 3 is 2.75 bits per heavy atom. The largest absolute Gasteiger partial charge is 0.464 e. The van der Waals surface area contributed by atoms with Crippen molar-refractivity contribution in [3.8, 4) is 0 Å². The van der Waals surface area contributed by atoms with Gasteiger partial charge in [-0.15, -0.1) is 0 Å². The number of amides is 1. The molecule has 0 fully saturated rings. The van der Waals surface area contributed by atoms with Crippen LogP contribution in [-0.2, 0) is 20.7 Å². The second kappa shape index (κ2) is 7.17. The molecule has 0 radical (unpaired) electrons. The molecule has 1 amide bonds. The molecule has 0 saturated heterocycles. The van der Waals surface area contributed by atoms with E-state index in [4.69, 9.17) is 4.74 Å². The van der Waals surface area contributed by atoms with Gasteiger partial charge < -0.3 is 15.0 Å². The molecule has 5 nitrogen and oxygen atoms in total. The molecule has 24 heavy (non-hydrogen) atoms. The lowest BCUT2D eigenvalue weighted by molar-refractivity contribution is -0.147. The molecule has 2 aromatic rings. The van der Waals surface area contributed by atoms with Crippen LogP contribution in [0.2, 0.25) is 0 Å². The number of nitrogens with one attached hydrogen (secondary N) is 2. The zero-order valence-corrected chi connectivity index (χ0v) is 13.5. The predicted octanol–water partition coefficient (Wildman–Crippen LogP) is 2.50. The number of carbonyl (C=O) groups is 2. The quantitative estimate of drug-likeness (QED) is 0.802. The Labute approximate surface area is 140 Å². The van der Waals surface area contributed by atoms with Crippen molar-refractivity contribution in [1.82, 2.24) is 10.3 Å². The van der Waals surface area contributed by atoms with Crippen molar-refractivity contribution >= 4 is 22.8 Å². The Hall–Kier alpha value is -2.82. The summed E-state index contributed by atoms with van der Waals surface area (Å²) in [5.41, 5.74) is 1.98. The molecule has 124 valence electrons. The number of hydrogen-bond acceptors (Lipinski definition) is 3. The lowest BCUT2D eigenvalue weighted by atomic mass is 10.0. The number of H-pyrrole nitrogens is 1. The summed E-state index contributed by atoms with van der Waals surface area (Å²) in [5, 5.41) is 3.86. The summed E-state index contributed by atoms with van der Waals surface area (Å²) >= 11 is 0. The van der Waals surface area contributed by atoms with E-state index in [1.165, 1.54) is 0 Å². The van der Waals surface area contributed by atoms with Gasteiger partial charge in [-0.2, -0.15) is 0 Å². The molecule has 0 spiro atoms. The Kier molecular flexibility index (Phi) is 4.79. The number of ether oxygens (including phenoxy) is 1. The molecular formula is C19H20N2O3. The summed E-state index contributed by atoms with van der Waals surface area (Å²) in [5.74, 6) is -0.940. The van der Waals surface area contributed by atoms with Crippen molar-refractivity contribution < 1.29 is 14.3 Å². The first-order valence-corrected chi connectivity index (χ1v) is 8.06. The van der Waals surface area contributed by atoms with E-state index in [0.717, 1.165) is 16.5 Å². The molecule has 0 unspecified atom stereocenters. The van der Waals surface area contributed by atoms with Crippen LogP contribution in [-0.4, -0.2) is 29.5 Å². The van der Waals surface area contributed by atoms with Gasteiger partial charge in [-0.3, -0.25) is 4.79 Å². The minimum Gasteiger partial charge on any atom is -0.464 e. The van der Waals surface area contributed by atoms with Gasteiger partial charge >= 0.3 is 5.97 Å². The molecule has 1 aromatic heterocycles. The molecule has 1 aromatic carbocycles. The fourth-order valence-electron chi connectivity index (χ4n) is 2.83. The fourth-order valence-corrected chi connectivity index (χ4v) is 2.83. The number of carbonyl (C=O) groups excluding carboxylic acids is 2. The maximum Gasteiger partial charge on any atom is 0.328 e. The van der Waals surface area contributed by atoms with E-state index >= 15 is 0 Å². The minimum absolute atomic E-state index is 0.196. The van der Waals surface area contributed by atoms with Crippen molar-refractivity contribution in [2.24, 2.45) is 5.92 Å². The fraction of sp³-hybridized carbons (Fsp3) is 0.263. The number of aromatic nitrogens is 1. The lowest BCUT2D eigenvalue weighted by Gasteiger charge is -2.18. The van der Waals surface area contributed by atoms with Crippen LogP contribution in [0.4, 0.5) is 0 Å². The topological polar surface area (TPSA) is 71.2 Å². The molecule has 0 saturated carbocycles. The highest BCUT2D eigenvalue weighted by molar-refractivity contribution is 5.89. The van der Waals surface area contributed by atoms with Gasteiger partial charge in [0.05, 0.1) is 12.5 Å². The van der Waals surface area contributed by atoms with Gasteiger partial charge in [0.25, 0.3) is 0 Å². The summed E-state index contributed by atoms with van der Waals surface area (Å²) in [7, 11) is 0. The first-order chi connectivity index (χ1) is 11.7. The molecule has 5 heteroatoms. The molecule has 0 bridgehead atoms. The van der Waals surface area contributed by atoms with Crippen molar-refractivity contribution in [3.05, 3.63) is 60.3 Å². The molecule has 1 aliphatic carbocycles. The summed E-state index contributed by atoms with van der Waals surface area (Å²) < 4.78 is 5.13. The Bertz CT molecular complexity index is 792. The summed E-state index contributed by atoms with van der Waals surface area (Å²) in [4.78, 5) is 27.8. The van der Waals surface area contributed by atoms with Gasteiger partial charge in [-0.05, 0) is 18.6 Å². The van der Waals surface area contributed by atoms with Crippen molar-refractivity contribution in [1.29, 1.82) is 0 Å². The van der Waals surface area contributed by atoms with E-state index in [0.29, 0.717) is 6.42 Å². The number of aromatic amines is 1. The maximum absolute atomic E-state index is 12.3. The molecule has 1 heterocycles. The SMILES string of the molecule is CCOC(=O)[C@H](Cc1c[nH]c2ccccc12)NC(=O)C1C=CC=C1. The molecular weight excluding hydrogens is 304 g/mol. The molecule has 2 N–H and O–H groups in total. The zero-order valence-electron chi connectivity index (χ0n) is 13.5. The number of allylic oxidation sites excluding steroid dienone is 2. The van der Waals surface area contributed by atoms with Crippen LogP contribution in [0, 0.1) is 5.92 Å². The number of fused-ring (bicyclic) bond motifs is 1. The van der Waals surface area contributed by atoms with Crippen LogP contribution >= 0.6 is 0 Å². The van der Waals surface area contributed by atoms with Crippen LogP contribution in [0.25, 0.3) is 10.9 Å². The molecule has 3 rings (SSSR count). The highest BCUT2D eigenvalue weighted by Crippen LogP contribution is 2.20. The maximum atomic E-state index is 12.3. The van der Waals surface area contributed by atoms with Gasteiger partial charge in [0.1, 0.15) is 6.04 Å². The zero-order chi connectivity index (χ0) is 16.9. The van der Waals surface area contributed by atoms with E-state index in [2.05, 4.69) is 10.3 Å². The second-order valence-electron chi connectivity index (χ2n) is 5.67. The van der Waals surface area contributed by atoms with E-state index < -0.39 is 12.0 Å². The van der Waals surface area contributed by atoms with Gasteiger partial charge in [0.2, 0.25) is 5.91 Å². The normalized spacial score (nSPS) is 14.9. The lowest BCUT2D eigenvalue weighted by Crippen LogP contribution is -2.45. The summed E-state index contributed by atoms with van der Waals surface area (Å²) in [6.45, 7) is 2.03. The van der Waals surface area contributed by atoms with Crippen LogP contribution in [0.5, 0.6) is 0 Å². The first-order valence-electron chi connectivity index (χ1n) is 8.06. The van der Waals surface area contributed by atoms with Crippen LogP contribution in [0.1, 0.15) is 12.5 Å². The van der Waals surface area contributed by atoms with Crippen LogP contribution in [0.15, 0.2) is 54.8 Å². The molecule has 1 aliphatic rings. The van der Waals surface area contributed by atoms with Gasteiger partial charge in [-0.1, -0.05) is 42.5 Å². The number of esters is 1. The Morgan fingerprint density at radius 2 is 2.00 bits per heavy atom. The van der Waals surface area contributed by atoms with Crippen LogP contribution < -0.4 is 5.32 Å². The Balaban J connectivity index is 1.79. The second-order valence-corrected chi connectivity index (χ2v) is 5.67. The standard InChI is InChI=1S/C19H20N2O3/c1-2-24-19(23)17(21-18(22)13-7-3-4-8-13)11-14-12-20-16-10-6-5-9-15(14)16/h3-10,12-13,17,20H,2,11H2,1H3,(H,21,22)/t17-/m0/s1. The van der Waals surface area contributed by atoms with Crippen molar-refractivity contribution in [3.63, 3.8) is 0 Å². The van der Waals surface area contributed by atoms with Crippen molar-refractivity contribution in [2.75, 3.05) is 6.61 Å². The predicted molar refractivity (Wildman–Crippen MR) is 92.3 cm³/mol. The third kappa shape index (κ3) is 3.40. The number of hydrogen-bond donors (Lipinski definition) is 2. The number of benzene rings is 1. The van der Waals surface area contributed by atoms with E-state index in [1.54, 1.807) is 19.1 Å². The monoisotopic (exact) mass is 324 g/mol. The number of para-hydroxylation sites is 1. The van der Waals surface area contributed by atoms with Gasteiger partial charge in [0, 0.05) is 23.5 Å². The van der Waals surface area contributed by atoms with Gasteiger partial charge in [0.15, 0.2) is 0 Å². The van der Waals surface area contributed by atoms with Gasteiger partial charge in [-0.25, -0.2) is 4.79 Å². The number of rotatable bonds is 6. The van der Waals surface area contributed by atoms with E-state index in [-0.39, 0.29) is 18.4 Å². The van der Waals surface area contributed by atoms with Crippen LogP contribution in [0.3, 0.4) is 0 Å². The highest BCUT2D eigenvalue weighted by atomic mass is 16.5. The summed E-state index contributed by atoms with van der Waals surface area (Å²) in [6, 6.07) is 7.16. The highest BCUT2D eigenvalue weighted by Gasteiger charge is 2.26. The molecule has 1 atom stereocenters. The summed E-state index contributed by atoms with van der Waals surface area (Å²) in [6.07, 6.45) is 9.49. The smallest absolute Gasteiger partial charge is 0.328 e. The van der Waals surface area contributed by atoms with E-state index in [1.807, 2.05) is 42.6 Å². The van der Waals surface area contributed by atoms with E-state index in [9.17, 15) is 9.59 Å². The Morgan fingerprint density at radius 1 is 1.25 bits per heavy atom. The average Bonchev–Trinajstić information content (AvgIpc) is 3.24. The first kappa shape index (κ1) is 16.1. The minimum atomic E-state index is -0.709. The molecule has 0 aliphatic heterocycles.